The van der Waals surface area contributed by atoms with Crippen LogP contribution in [0.2, 0.25) is 0 Å². The lowest BCUT2D eigenvalue weighted by Crippen LogP contribution is -2.32. The smallest absolute Gasteiger partial charge is 0.137 e. The van der Waals surface area contributed by atoms with Crippen LogP contribution in [0.5, 0.6) is 0 Å². The van der Waals surface area contributed by atoms with Gasteiger partial charge in [0.05, 0.1) is 6.54 Å². The number of aromatic nitrogens is 2. The van der Waals surface area contributed by atoms with E-state index in [9.17, 15) is 0 Å². The van der Waals surface area contributed by atoms with Crippen LogP contribution in [-0.2, 0) is 13.0 Å². The monoisotopic (exact) mass is 304 g/mol. The van der Waals surface area contributed by atoms with Crippen LogP contribution in [0.25, 0.3) is 0 Å². The first-order valence-electron chi connectivity index (χ1n) is 7.45. The third-order valence-corrected chi connectivity index (χ3v) is 4.34. The molecular weight excluding hydrogens is 280 g/mol. The van der Waals surface area contributed by atoms with Crippen LogP contribution in [0.15, 0.2) is 17.5 Å². The maximum absolute atomic E-state index is 6.09. The summed E-state index contributed by atoms with van der Waals surface area (Å²) in [5.41, 5.74) is 7.06. The number of nitrogens with zero attached hydrogens (tertiary/aromatic N) is 3. The van der Waals surface area contributed by atoms with E-state index in [4.69, 9.17) is 10.7 Å². The maximum Gasteiger partial charge on any atom is 0.137 e. The van der Waals surface area contributed by atoms with Gasteiger partial charge in [0.15, 0.2) is 0 Å². The lowest BCUT2D eigenvalue weighted by atomic mass is 10.2. The van der Waals surface area contributed by atoms with Crippen LogP contribution in [0.1, 0.15) is 43.5 Å². The van der Waals surface area contributed by atoms with Gasteiger partial charge in [0.25, 0.3) is 0 Å². The summed E-state index contributed by atoms with van der Waals surface area (Å²) in [4.78, 5) is 12.8. The Hall–Kier alpha value is -1.62. The molecule has 0 radical (unpaired) electrons. The van der Waals surface area contributed by atoms with Crippen molar-refractivity contribution >= 4 is 23.0 Å². The average Bonchev–Trinajstić information content (AvgIpc) is 2.93. The molecule has 2 heterocycles. The minimum absolute atomic E-state index is 0.356. The molecule has 2 N–H and O–H groups in total. The number of hydrogen-bond acceptors (Lipinski definition) is 5. The van der Waals surface area contributed by atoms with E-state index >= 15 is 0 Å². The Bertz CT molecular complexity index is 578. The van der Waals surface area contributed by atoms with Crippen molar-refractivity contribution in [2.45, 2.75) is 53.1 Å². The van der Waals surface area contributed by atoms with E-state index in [1.807, 2.05) is 6.92 Å². The van der Waals surface area contributed by atoms with Gasteiger partial charge in [0.2, 0.25) is 0 Å². The van der Waals surface area contributed by atoms with Crippen LogP contribution < -0.4 is 10.6 Å². The highest BCUT2D eigenvalue weighted by atomic mass is 32.1. The molecule has 0 aliphatic rings. The van der Waals surface area contributed by atoms with Crippen molar-refractivity contribution in [3.05, 3.63) is 33.8 Å². The summed E-state index contributed by atoms with van der Waals surface area (Å²) in [6.07, 6.45) is 1.89. The number of aryl methyl sites for hydroxylation is 1. The van der Waals surface area contributed by atoms with Gasteiger partial charge in [-0.25, -0.2) is 9.97 Å². The van der Waals surface area contributed by atoms with E-state index in [2.05, 4.69) is 48.2 Å². The molecule has 0 spiro atoms. The lowest BCUT2D eigenvalue weighted by Gasteiger charge is -2.29. The first-order chi connectivity index (χ1) is 10.0. The molecule has 0 atom stereocenters. The molecule has 0 saturated carbocycles. The molecule has 5 heteroatoms. The Morgan fingerprint density at radius 1 is 1.33 bits per heavy atom. The fraction of sp³-hybridized carbons (Fsp3) is 0.500. The molecule has 0 bridgehead atoms. The van der Waals surface area contributed by atoms with Crippen molar-refractivity contribution in [3.63, 3.8) is 0 Å². The summed E-state index contributed by atoms with van der Waals surface area (Å²) >= 11 is 1.77. The summed E-state index contributed by atoms with van der Waals surface area (Å²) in [5.74, 6) is 2.40. The van der Waals surface area contributed by atoms with Gasteiger partial charge in [0.1, 0.15) is 17.5 Å². The highest BCUT2D eigenvalue weighted by molar-refractivity contribution is 7.09. The number of thiophene rings is 1. The number of rotatable bonds is 6. The van der Waals surface area contributed by atoms with Crippen molar-refractivity contribution in [2.24, 2.45) is 0 Å². The number of anilines is 2. The standard InChI is InChI=1S/C16H24N4S/c1-5-7-14-18-15(17)12(4)16(19-14)20(11(2)3)10-13-8-6-9-21-13/h6,8-9,11H,5,7,10H2,1-4H3,(H2,17,18,19). The molecule has 2 rings (SSSR count). The molecule has 0 saturated heterocycles. The Balaban J connectivity index is 2.39. The molecule has 0 unspecified atom stereocenters. The molecule has 0 fully saturated rings. The van der Waals surface area contributed by atoms with E-state index in [1.54, 1.807) is 11.3 Å². The van der Waals surface area contributed by atoms with E-state index < -0.39 is 0 Å². The van der Waals surface area contributed by atoms with Crippen LogP contribution in [-0.4, -0.2) is 16.0 Å². The number of nitrogen functional groups attached to an aromatic ring is 1. The van der Waals surface area contributed by atoms with Crippen molar-refractivity contribution in [3.8, 4) is 0 Å². The Morgan fingerprint density at radius 3 is 2.67 bits per heavy atom. The molecule has 4 nitrogen and oxygen atoms in total. The summed E-state index contributed by atoms with van der Waals surface area (Å²) < 4.78 is 0. The van der Waals surface area contributed by atoms with Gasteiger partial charge in [-0.15, -0.1) is 11.3 Å². The minimum Gasteiger partial charge on any atom is -0.383 e. The average molecular weight is 304 g/mol. The normalized spacial score (nSPS) is 11.1. The van der Waals surface area contributed by atoms with Crippen molar-refractivity contribution in [1.29, 1.82) is 0 Å². The molecule has 2 aromatic rings. The Kier molecular flexibility index (Phi) is 5.17. The highest BCUT2D eigenvalue weighted by Gasteiger charge is 2.18. The topological polar surface area (TPSA) is 55.0 Å². The zero-order chi connectivity index (χ0) is 15.4. The van der Waals surface area contributed by atoms with Gasteiger partial charge in [0, 0.05) is 22.9 Å². The molecule has 0 aliphatic carbocycles. The SMILES string of the molecule is CCCc1nc(N)c(C)c(N(Cc2cccs2)C(C)C)n1. The summed E-state index contributed by atoms with van der Waals surface area (Å²) in [6.45, 7) is 9.36. The van der Waals surface area contributed by atoms with Crippen LogP contribution >= 0.6 is 11.3 Å². The lowest BCUT2D eigenvalue weighted by molar-refractivity contribution is 0.668. The molecule has 0 amide bonds. The second-order valence-electron chi connectivity index (χ2n) is 5.52. The largest absolute Gasteiger partial charge is 0.383 e. The van der Waals surface area contributed by atoms with E-state index in [0.29, 0.717) is 11.9 Å². The second-order valence-corrected chi connectivity index (χ2v) is 6.56. The third kappa shape index (κ3) is 3.73. The van der Waals surface area contributed by atoms with Crippen molar-refractivity contribution in [2.75, 3.05) is 10.6 Å². The van der Waals surface area contributed by atoms with Gasteiger partial charge in [-0.1, -0.05) is 13.0 Å². The number of nitrogens with two attached hydrogens (primary N) is 1. The first-order valence-corrected chi connectivity index (χ1v) is 8.32. The van der Waals surface area contributed by atoms with Gasteiger partial charge >= 0.3 is 0 Å². The summed E-state index contributed by atoms with van der Waals surface area (Å²) in [6, 6.07) is 4.60. The third-order valence-electron chi connectivity index (χ3n) is 3.48. The minimum atomic E-state index is 0.356. The molecular formula is C16H24N4S. The highest BCUT2D eigenvalue weighted by Crippen LogP contribution is 2.26. The predicted octanol–water partition coefficient (Wildman–Crippen LogP) is 3.80. The van der Waals surface area contributed by atoms with Crippen molar-refractivity contribution in [1.82, 2.24) is 9.97 Å². The molecule has 21 heavy (non-hydrogen) atoms. The second kappa shape index (κ2) is 6.89. The number of hydrogen-bond donors (Lipinski definition) is 1. The maximum atomic E-state index is 6.09. The van der Waals surface area contributed by atoms with Crippen LogP contribution in [0.4, 0.5) is 11.6 Å². The van der Waals surface area contributed by atoms with E-state index in [-0.39, 0.29) is 0 Å². The van der Waals surface area contributed by atoms with Crippen LogP contribution in [0, 0.1) is 6.92 Å². The molecule has 2 aromatic heterocycles. The fourth-order valence-electron chi connectivity index (χ4n) is 2.26. The van der Waals surface area contributed by atoms with Gasteiger partial charge in [-0.05, 0) is 38.6 Å². The Morgan fingerprint density at radius 2 is 2.10 bits per heavy atom. The van der Waals surface area contributed by atoms with E-state index in [1.165, 1.54) is 4.88 Å². The first kappa shape index (κ1) is 15.8. The molecule has 0 aromatic carbocycles. The van der Waals surface area contributed by atoms with E-state index in [0.717, 1.165) is 36.6 Å². The van der Waals surface area contributed by atoms with Crippen molar-refractivity contribution < 1.29 is 0 Å². The Labute approximate surface area is 131 Å². The zero-order valence-corrected chi connectivity index (χ0v) is 14.1. The summed E-state index contributed by atoms with van der Waals surface area (Å²) in [7, 11) is 0. The van der Waals surface area contributed by atoms with Gasteiger partial charge in [-0.2, -0.15) is 0 Å². The zero-order valence-electron chi connectivity index (χ0n) is 13.3. The fourth-order valence-corrected chi connectivity index (χ4v) is 2.96. The molecule has 0 aliphatic heterocycles. The van der Waals surface area contributed by atoms with Gasteiger partial charge in [-0.3, -0.25) is 0 Å². The molecule has 114 valence electrons. The predicted molar refractivity (Wildman–Crippen MR) is 90.8 cm³/mol. The van der Waals surface area contributed by atoms with Gasteiger partial charge < -0.3 is 10.6 Å². The quantitative estimate of drug-likeness (QED) is 0.882. The summed E-state index contributed by atoms with van der Waals surface area (Å²) in [5, 5.41) is 2.11. The van der Waals surface area contributed by atoms with Crippen LogP contribution in [0.3, 0.4) is 0 Å².